The first kappa shape index (κ1) is 27.3. The molecule has 1 unspecified atom stereocenters. The van der Waals surface area contributed by atoms with Gasteiger partial charge in [-0.15, -0.1) is 0 Å². The predicted octanol–water partition coefficient (Wildman–Crippen LogP) is 4.46. The number of rotatable bonds is 8. The number of carbonyl (C=O) groups is 2. The van der Waals surface area contributed by atoms with E-state index in [9.17, 15) is 22.8 Å². The molecule has 38 heavy (non-hydrogen) atoms. The van der Waals surface area contributed by atoms with E-state index in [4.69, 9.17) is 4.52 Å². The molecule has 1 aliphatic rings. The Balaban J connectivity index is 1.24. The van der Waals surface area contributed by atoms with Gasteiger partial charge in [0.15, 0.2) is 0 Å². The minimum Gasteiger partial charge on any atom is -0.352 e. The van der Waals surface area contributed by atoms with Crippen LogP contribution in [0.15, 0.2) is 59.1 Å². The molecule has 0 radical (unpaired) electrons. The fourth-order valence-corrected chi connectivity index (χ4v) is 4.98. The zero-order valence-electron chi connectivity index (χ0n) is 21.2. The molecule has 0 saturated heterocycles. The maximum absolute atomic E-state index is 12.7. The lowest BCUT2D eigenvalue weighted by molar-refractivity contribution is -0.137. The largest absolute Gasteiger partial charge is 0.416 e. The van der Waals surface area contributed by atoms with Crippen LogP contribution in [0, 0.1) is 5.92 Å². The maximum atomic E-state index is 12.7. The first-order valence-corrected chi connectivity index (χ1v) is 12.4. The molecule has 1 heterocycles. The zero-order chi connectivity index (χ0) is 27.3. The van der Waals surface area contributed by atoms with E-state index < -0.39 is 17.6 Å². The van der Waals surface area contributed by atoms with Gasteiger partial charge in [-0.25, -0.2) is 0 Å². The first-order valence-electron chi connectivity index (χ1n) is 12.4. The highest BCUT2D eigenvalue weighted by Gasteiger charge is 2.31. The third-order valence-electron chi connectivity index (χ3n) is 6.78. The van der Waals surface area contributed by atoms with Crippen LogP contribution < -0.4 is 10.6 Å². The van der Waals surface area contributed by atoms with Crippen molar-refractivity contribution in [3.63, 3.8) is 0 Å². The average Bonchev–Trinajstić information content (AvgIpc) is 3.39. The number of hydrogen-bond donors (Lipinski definition) is 2. The molecule has 1 atom stereocenters. The molecular formula is C27H30F3N5O3. The van der Waals surface area contributed by atoms with E-state index in [0.717, 1.165) is 37.8 Å². The van der Waals surface area contributed by atoms with Gasteiger partial charge in [0.1, 0.15) is 0 Å². The van der Waals surface area contributed by atoms with Crippen molar-refractivity contribution in [1.29, 1.82) is 0 Å². The summed E-state index contributed by atoms with van der Waals surface area (Å²) in [5.74, 6) is -1.00. The Bertz CT molecular complexity index is 1220. The molecule has 1 aliphatic carbocycles. The van der Waals surface area contributed by atoms with Crippen LogP contribution in [0.4, 0.5) is 13.2 Å². The number of aromatic nitrogens is 2. The number of alkyl halides is 3. The van der Waals surface area contributed by atoms with Gasteiger partial charge < -0.3 is 20.1 Å². The smallest absolute Gasteiger partial charge is 0.352 e. The van der Waals surface area contributed by atoms with Gasteiger partial charge in [-0.05, 0) is 63.4 Å². The fourth-order valence-electron chi connectivity index (χ4n) is 4.98. The van der Waals surface area contributed by atoms with Crippen molar-refractivity contribution < 1.29 is 27.3 Å². The topological polar surface area (TPSA) is 100 Å². The normalized spacial score (nSPS) is 18.7. The van der Waals surface area contributed by atoms with E-state index in [1.54, 1.807) is 0 Å². The summed E-state index contributed by atoms with van der Waals surface area (Å²) in [5, 5.41) is 9.06. The lowest BCUT2D eigenvalue weighted by Crippen LogP contribution is -2.44. The van der Waals surface area contributed by atoms with Crippen molar-refractivity contribution in [3.8, 4) is 11.4 Å². The van der Waals surface area contributed by atoms with Crippen LogP contribution in [-0.4, -0.2) is 53.5 Å². The quantitative estimate of drug-likeness (QED) is 0.447. The Kier molecular flexibility index (Phi) is 8.45. The van der Waals surface area contributed by atoms with Crippen molar-refractivity contribution in [1.82, 2.24) is 25.7 Å². The standard InChI is InChI=1S/C27H30F3N5O3/c1-35(2)23(17-6-4-3-5-7-17)18-10-14-21(15-11-18)32-22(36)16-31-25(37)26-33-24(34-38-26)19-8-12-20(13-9-19)27(28,29)30/h3-9,12-13,18,21,23H,10-11,14-16H2,1-2H3,(H,31,37)(H,32,36). The third-order valence-corrected chi connectivity index (χ3v) is 6.78. The van der Waals surface area contributed by atoms with Crippen LogP contribution in [0.1, 0.15) is 53.5 Å². The van der Waals surface area contributed by atoms with E-state index in [-0.39, 0.29) is 35.8 Å². The van der Waals surface area contributed by atoms with E-state index >= 15 is 0 Å². The molecule has 1 aromatic heterocycles. The van der Waals surface area contributed by atoms with Gasteiger partial charge in [0, 0.05) is 17.6 Å². The highest BCUT2D eigenvalue weighted by Crippen LogP contribution is 2.37. The molecule has 2 aromatic carbocycles. The van der Waals surface area contributed by atoms with E-state index in [0.29, 0.717) is 12.0 Å². The molecule has 2 N–H and O–H groups in total. The molecule has 3 aromatic rings. The van der Waals surface area contributed by atoms with E-state index in [1.807, 2.05) is 6.07 Å². The predicted molar refractivity (Wildman–Crippen MR) is 134 cm³/mol. The van der Waals surface area contributed by atoms with Crippen LogP contribution in [-0.2, 0) is 11.0 Å². The molecule has 0 bridgehead atoms. The lowest BCUT2D eigenvalue weighted by Gasteiger charge is -2.37. The van der Waals surface area contributed by atoms with Gasteiger partial charge in [0.2, 0.25) is 11.7 Å². The monoisotopic (exact) mass is 529 g/mol. The van der Waals surface area contributed by atoms with Crippen LogP contribution in [0.5, 0.6) is 0 Å². The Hall–Kier alpha value is -3.73. The number of halogens is 3. The molecule has 8 nitrogen and oxygen atoms in total. The average molecular weight is 530 g/mol. The summed E-state index contributed by atoms with van der Waals surface area (Å²) in [6.07, 6.45) is -0.811. The van der Waals surface area contributed by atoms with Crippen molar-refractivity contribution >= 4 is 11.8 Å². The van der Waals surface area contributed by atoms with E-state index in [1.165, 1.54) is 17.7 Å². The minimum atomic E-state index is -4.46. The summed E-state index contributed by atoms with van der Waals surface area (Å²) in [5.41, 5.74) is 0.740. The highest BCUT2D eigenvalue weighted by atomic mass is 19.4. The second-order valence-electron chi connectivity index (χ2n) is 9.68. The molecule has 11 heteroatoms. The molecular weight excluding hydrogens is 499 g/mol. The van der Waals surface area contributed by atoms with Gasteiger partial charge in [-0.1, -0.05) is 47.6 Å². The fraction of sp³-hybridized carbons (Fsp3) is 0.407. The second kappa shape index (κ2) is 11.8. The third kappa shape index (κ3) is 6.77. The van der Waals surface area contributed by atoms with Gasteiger partial charge in [-0.3, -0.25) is 9.59 Å². The number of nitrogens with one attached hydrogen (secondary N) is 2. The van der Waals surface area contributed by atoms with Crippen LogP contribution in [0.25, 0.3) is 11.4 Å². The summed E-state index contributed by atoms with van der Waals surface area (Å²) in [6, 6.07) is 14.9. The van der Waals surface area contributed by atoms with Crippen molar-refractivity contribution in [3.05, 3.63) is 71.6 Å². The van der Waals surface area contributed by atoms with Crippen LogP contribution in [0.2, 0.25) is 0 Å². The minimum absolute atomic E-state index is 0.0309. The van der Waals surface area contributed by atoms with Crippen molar-refractivity contribution in [2.45, 2.75) is 43.9 Å². The molecule has 202 valence electrons. The van der Waals surface area contributed by atoms with Gasteiger partial charge in [0.05, 0.1) is 12.1 Å². The summed E-state index contributed by atoms with van der Waals surface area (Å²) in [4.78, 5) is 31.0. The van der Waals surface area contributed by atoms with Crippen LogP contribution in [0.3, 0.4) is 0 Å². The van der Waals surface area contributed by atoms with E-state index in [2.05, 4.69) is 64.0 Å². The van der Waals surface area contributed by atoms with Crippen molar-refractivity contribution in [2.24, 2.45) is 5.92 Å². The summed E-state index contributed by atoms with van der Waals surface area (Å²) in [7, 11) is 4.17. The summed E-state index contributed by atoms with van der Waals surface area (Å²) < 4.78 is 43.1. The van der Waals surface area contributed by atoms with Gasteiger partial charge >= 0.3 is 18.0 Å². The Morgan fingerprint density at radius 1 is 1.03 bits per heavy atom. The van der Waals surface area contributed by atoms with Crippen molar-refractivity contribution in [2.75, 3.05) is 20.6 Å². The number of nitrogens with zero attached hydrogens (tertiary/aromatic N) is 3. The molecule has 2 amide bonds. The Morgan fingerprint density at radius 3 is 2.29 bits per heavy atom. The number of hydrogen-bond acceptors (Lipinski definition) is 6. The second-order valence-corrected chi connectivity index (χ2v) is 9.68. The van der Waals surface area contributed by atoms with Gasteiger partial charge in [-0.2, -0.15) is 18.2 Å². The molecule has 1 fully saturated rings. The molecule has 0 aliphatic heterocycles. The van der Waals surface area contributed by atoms with Crippen LogP contribution >= 0.6 is 0 Å². The lowest BCUT2D eigenvalue weighted by atomic mass is 9.78. The SMILES string of the molecule is CN(C)C(c1ccccc1)C1CCC(NC(=O)CNC(=O)c2nc(-c3ccc(C(F)(F)F)cc3)no2)CC1. The molecule has 1 saturated carbocycles. The number of carbonyl (C=O) groups excluding carboxylic acids is 2. The summed E-state index contributed by atoms with van der Waals surface area (Å²) >= 11 is 0. The summed E-state index contributed by atoms with van der Waals surface area (Å²) in [6.45, 7) is -0.263. The highest BCUT2D eigenvalue weighted by molar-refractivity contribution is 5.93. The van der Waals surface area contributed by atoms with Gasteiger partial charge in [0.25, 0.3) is 0 Å². The zero-order valence-corrected chi connectivity index (χ0v) is 21.2. The molecule has 4 rings (SSSR count). The first-order chi connectivity index (χ1) is 18.1. The Labute approximate surface area is 218 Å². The molecule has 0 spiro atoms. The maximum Gasteiger partial charge on any atom is 0.416 e. The number of benzene rings is 2. The number of amides is 2. The Morgan fingerprint density at radius 2 is 1.68 bits per heavy atom.